The second-order valence-electron chi connectivity index (χ2n) is 3.72. The molecule has 0 saturated heterocycles. The third kappa shape index (κ3) is 1.83. The van der Waals surface area contributed by atoms with Gasteiger partial charge in [0.1, 0.15) is 16.5 Å². The summed E-state index contributed by atoms with van der Waals surface area (Å²) in [5, 5.41) is 0.498. The molecule has 3 nitrogen and oxygen atoms in total. The molecule has 2 heterocycles. The SMILES string of the molecule is CCC=C(C)n1c(C)nc2ccc(Cl)nc21. The van der Waals surface area contributed by atoms with Crippen LogP contribution in [0.15, 0.2) is 18.2 Å². The topological polar surface area (TPSA) is 30.7 Å². The van der Waals surface area contributed by atoms with E-state index in [0.29, 0.717) is 5.15 Å². The first kappa shape index (κ1) is 11.1. The molecule has 0 aliphatic heterocycles. The highest BCUT2D eigenvalue weighted by Crippen LogP contribution is 2.20. The number of nitrogens with zero attached hydrogens (tertiary/aromatic N) is 3. The second-order valence-corrected chi connectivity index (χ2v) is 4.11. The molecule has 0 fully saturated rings. The molecule has 2 rings (SSSR count). The molecule has 0 radical (unpaired) electrons. The summed E-state index contributed by atoms with van der Waals surface area (Å²) in [5.74, 6) is 0.937. The van der Waals surface area contributed by atoms with Crippen molar-refractivity contribution in [3.8, 4) is 0 Å². The van der Waals surface area contributed by atoms with Crippen LogP contribution in [0.25, 0.3) is 16.9 Å². The zero-order valence-corrected chi connectivity index (χ0v) is 10.4. The van der Waals surface area contributed by atoms with E-state index in [1.807, 2.05) is 17.6 Å². The smallest absolute Gasteiger partial charge is 0.166 e. The van der Waals surface area contributed by atoms with Crippen LogP contribution in [0.2, 0.25) is 5.15 Å². The number of pyridine rings is 1. The van der Waals surface area contributed by atoms with Gasteiger partial charge in [0.15, 0.2) is 5.65 Å². The average Bonchev–Trinajstić information content (AvgIpc) is 2.53. The van der Waals surface area contributed by atoms with Gasteiger partial charge >= 0.3 is 0 Å². The lowest BCUT2D eigenvalue weighted by Gasteiger charge is -2.05. The molecule has 2 aromatic heterocycles. The average molecular weight is 236 g/mol. The number of rotatable bonds is 2. The minimum absolute atomic E-state index is 0.498. The Kier molecular flexibility index (Phi) is 2.97. The third-order valence-corrected chi connectivity index (χ3v) is 2.70. The second kappa shape index (κ2) is 4.26. The lowest BCUT2D eigenvalue weighted by Crippen LogP contribution is -1.97. The number of allylic oxidation sites excluding steroid dienone is 2. The summed E-state index contributed by atoms with van der Waals surface area (Å²) in [6.45, 7) is 6.14. The Morgan fingerprint density at radius 1 is 1.44 bits per heavy atom. The molecule has 0 amide bonds. The predicted octanol–water partition coefficient (Wildman–Crippen LogP) is 3.66. The van der Waals surface area contributed by atoms with Crippen molar-refractivity contribution < 1.29 is 0 Å². The molecule has 0 aromatic carbocycles. The maximum Gasteiger partial charge on any atom is 0.166 e. The molecule has 0 unspecified atom stereocenters. The fourth-order valence-electron chi connectivity index (χ4n) is 1.86. The molecule has 0 aliphatic rings. The van der Waals surface area contributed by atoms with Crippen LogP contribution in [0.4, 0.5) is 0 Å². The van der Waals surface area contributed by atoms with Gasteiger partial charge < -0.3 is 0 Å². The maximum atomic E-state index is 5.91. The summed E-state index contributed by atoms with van der Waals surface area (Å²) in [5.41, 5.74) is 2.84. The molecule has 0 bridgehead atoms. The molecule has 16 heavy (non-hydrogen) atoms. The molecule has 84 valence electrons. The van der Waals surface area contributed by atoms with Gasteiger partial charge in [0.25, 0.3) is 0 Å². The minimum atomic E-state index is 0.498. The summed E-state index contributed by atoms with van der Waals surface area (Å²) in [6, 6.07) is 3.66. The van der Waals surface area contributed by atoms with Crippen LogP contribution < -0.4 is 0 Å². The first-order valence-corrected chi connectivity index (χ1v) is 5.70. The van der Waals surface area contributed by atoms with E-state index in [-0.39, 0.29) is 0 Å². The van der Waals surface area contributed by atoms with Gasteiger partial charge in [-0.2, -0.15) is 0 Å². The summed E-state index contributed by atoms with van der Waals surface area (Å²) < 4.78 is 2.03. The van der Waals surface area contributed by atoms with Crippen molar-refractivity contribution in [2.75, 3.05) is 0 Å². The van der Waals surface area contributed by atoms with Crippen molar-refractivity contribution in [3.63, 3.8) is 0 Å². The Labute approximate surface area is 99.8 Å². The lowest BCUT2D eigenvalue weighted by molar-refractivity contribution is 0.991. The molecule has 0 atom stereocenters. The van der Waals surface area contributed by atoms with Crippen LogP contribution in [0, 0.1) is 6.92 Å². The van der Waals surface area contributed by atoms with Gasteiger partial charge in [-0.15, -0.1) is 0 Å². The molecule has 0 aliphatic carbocycles. The van der Waals surface area contributed by atoms with E-state index in [2.05, 4.69) is 29.9 Å². The van der Waals surface area contributed by atoms with E-state index in [1.54, 1.807) is 6.07 Å². The maximum absolute atomic E-state index is 5.91. The van der Waals surface area contributed by atoms with Crippen molar-refractivity contribution in [1.29, 1.82) is 0 Å². The lowest BCUT2D eigenvalue weighted by atomic mass is 10.3. The number of fused-ring (bicyclic) bond motifs is 1. The van der Waals surface area contributed by atoms with E-state index in [0.717, 1.165) is 29.1 Å². The van der Waals surface area contributed by atoms with Crippen molar-refractivity contribution in [1.82, 2.24) is 14.5 Å². The van der Waals surface area contributed by atoms with Crippen LogP contribution in [-0.2, 0) is 0 Å². The summed E-state index contributed by atoms with van der Waals surface area (Å²) in [6.07, 6.45) is 3.14. The summed E-state index contributed by atoms with van der Waals surface area (Å²) in [7, 11) is 0. The van der Waals surface area contributed by atoms with E-state index < -0.39 is 0 Å². The van der Waals surface area contributed by atoms with Gasteiger partial charge in [-0.25, -0.2) is 9.97 Å². The highest BCUT2D eigenvalue weighted by Gasteiger charge is 2.09. The van der Waals surface area contributed by atoms with Crippen molar-refractivity contribution >= 4 is 28.5 Å². The van der Waals surface area contributed by atoms with E-state index in [9.17, 15) is 0 Å². The largest absolute Gasteiger partial charge is 0.285 e. The number of hydrogen-bond acceptors (Lipinski definition) is 2. The predicted molar refractivity (Wildman–Crippen MR) is 67.5 cm³/mol. The number of halogens is 1. The molecular formula is C12H14ClN3. The highest BCUT2D eigenvalue weighted by molar-refractivity contribution is 6.29. The minimum Gasteiger partial charge on any atom is -0.285 e. The molecular weight excluding hydrogens is 222 g/mol. The Hall–Kier alpha value is -1.35. The van der Waals surface area contributed by atoms with Gasteiger partial charge in [0.05, 0.1) is 0 Å². The monoisotopic (exact) mass is 235 g/mol. The number of hydrogen-bond donors (Lipinski definition) is 0. The van der Waals surface area contributed by atoms with Gasteiger partial charge in [-0.1, -0.05) is 24.6 Å². The first-order valence-electron chi connectivity index (χ1n) is 5.32. The van der Waals surface area contributed by atoms with E-state index >= 15 is 0 Å². The zero-order valence-electron chi connectivity index (χ0n) is 9.66. The Morgan fingerprint density at radius 3 is 2.88 bits per heavy atom. The number of aryl methyl sites for hydroxylation is 1. The standard InChI is InChI=1S/C12H14ClN3/c1-4-5-8(2)16-9(3)14-10-6-7-11(13)15-12(10)16/h5-7H,4H2,1-3H3. The van der Waals surface area contributed by atoms with Crippen LogP contribution in [0.5, 0.6) is 0 Å². The Bertz CT molecular complexity index is 555. The van der Waals surface area contributed by atoms with Crippen LogP contribution in [0.1, 0.15) is 26.1 Å². The number of aromatic nitrogens is 3. The van der Waals surface area contributed by atoms with Crippen LogP contribution >= 0.6 is 11.6 Å². The van der Waals surface area contributed by atoms with Gasteiger partial charge in [-0.3, -0.25) is 4.57 Å². The molecule has 4 heteroatoms. The fraction of sp³-hybridized carbons (Fsp3) is 0.333. The molecule has 0 N–H and O–H groups in total. The van der Waals surface area contributed by atoms with Crippen molar-refractivity contribution in [3.05, 3.63) is 29.2 Å². The molecule has 0 saturated carbocycles. The normalized spacial score (nSPS) is 12.4. The van der Waals surface area contributed by atoms with Crippen molar-refractivity contribution in [2.24, 2.45) is 0 Å². The Morgan fingerprint density at radius 2 is 2.19 bits per heavy atom. The van der Waals surface area contributed by atoms with E-state index in [1.165, 1.54) is 0 Å². The number of imidazole rings is 1. The molecule has 0 spiro atoms. The van der Waals surface area contributed by atoms with E-state index in [4.69, 9.17) is 11.6 Å². The fourth-order valence-corrected chi connectivity index (χ4v) is 2.00. The summed E-state index contributed by atoms with van der Waals surface area (Å²) >= 11 is 5.91. The third-order valence-electron chi connectivity index (χ3n) is 2.49. The first-order chi connectivity index (χ1) is 7.63. The van der Waals surface area contributed by atoms with Crippen molar-refractivity contribution in [2.45, 2.75) is 27.2 Å². The van der Waals surface area contributed by atoms with Crippen LogP contribution in [0.3, 0.4) is 0 Å². The quantitative estimate of drug-likeness (QED) is 0.744. The zero-order chi connectivity index (χ0) is 11.7. The van der Waals surface area contributed by atoms with Gasteiger partial charge in [0, 0.05) is 5.70 Å². The Balaban J connectivity index is 2.72. The highest BCUT2D eigenvalue weighted by atomic mass is 35.5. The van der Waals surface area contributed by atoms with Gasteiger partial charge in [0.2, 0.25) is 0 Å². The molecule has 2 aromatic rings. The van der Waals surface area contributed by atoms with Gasteiger partial charge in [-0.05, 0) is 32.4 Å². The van der Waals surface area contributed by atoms with Crippen LogP contribution in [-0.4, -0.2) is 14.5 Å². The summed E-state index contributed by atoms with van der Waals surface area (Å²) in [4.78, 5) is 8.78.